The summed E-state index contributed by atoms with van der Waals surface area (Å²) in [5.41, 5.74) is -0.202. The molecule has 3 rings (SSSR count). The molecule has 2 aromatic rings. The van der Waals surface area contributed by atoms with Gasteiger partial charge in [0.1, 0.15) is 15.9 Å². The van der Waals surface area contributed by atoms with Gasteiger partial charge in [-0.25, -0.2) is 18.4 Å². The molecule has 10 nitrogen and oxygen atoms in total. The summed E-state index contributed by atoms with van der Waals surface area (Å²) in [6, 6.07) is 0.794. The van der Waals surface area contributed by atoms with Crippen LogP contribution in [0.15, 0.2) is 20.2 Å². The minimum Gasteiger partial charge on any atom is -0.444 e. The Morgan fingerprint density at radius 2 is 2.19 bits per heavy atom. The average Bonchev–Trinajstić information content (AvgIpc) is 3.22. The van der Waals surface area contributed by atoms with Crippen LogP contribution in [0.1, 0.15) is 32.6 Å². The van der Waals surface area contributed by atoms with E-state index in [9.17, 15) is 13.2 Å². The maximum absolute atomic E-state index is 12.5. The summed E-state index contributed by atoms with van der Waals surface area (Å²) in [5.74, 6) is 0.379. The molecule has 3 heterocycles. The summed E-state index contributed by atoms with van der Waals surface area (Å²) in [6.07, 6.45) is -0.491. The average molecular weight is 416 g/mol. The van der Waals surface area contributed by atoms with E-state index in [4.69, 9.17) is 19.1 Å². The normalized spacial score (nSPS) is 18.5. The molecule has 0 unspecified atom stereocenters. The number of sulfonamides is 1. The van der Waals surface area contributed by atoms with E-state index in [0.29, 0.717) is 18.7 Å². The number of thiophene rings is 1. The van der Waals surface area contributed by atoms with Crippen molar-refractivity contribution in [3.05, 3.63) is 17.3 Å². The van der Waals surface area contributed by atoms with Gasteiger partial charge in [0, 0.05) is 11.9 Å². The van der Waals surface area contributed by atoms with Crippen LogP contribution < -0.4 is 5.14 Å². The smallest absolute Gasteiger partial charge is 0.411 e. The monoisotopic (exact) mass is 416 g/mol. The number of aromatic nitrogens is 2. The zero-order chi connectivity index (χ0) is 19.8. The molecule has 1 atom stereocenters. The van der Waals surface area contributed by atoms with Gasteiger partial charge in [0.2, 0.25) is 10.0 Å². The fourth-order valence-corrected chi connectivity index (χ4v) is 4.00. The zero-order valence-corrected chi connectivity index (χ0v) is 16.7. The minimum absolute atomic E-state index is 0.00590. The first-order valence-corrected chi connectivity index (χ1v) is 10.5. The summed E-state index contributed by atoms with van der Waals surface area (Å²) in [7, 11) is -3.80. The summed E-state index contributed by atoms with van der Waals surface area (Å²) in [6.45, 7) is 6.26. The number of rotatable bonds is 3. The van der Waals surface area contributed by atoms with Gasteiger partial charge in [-0.15, -0.1) is 11.3 Å². The lowest BCUT2D eigenvalue weighted by Crippen LogP contribution is -2.46. The van der Waals surface area contributed by atoms with Crippen LogP contribution in [0.4, 0.5) is 4.79 Å². The van der Waals surface area contributed by atoms with Gasteiger partial charge >= 0.3 is 6.09 Å². The van der Waals surface area contributed by atoms with E-state index in [1.54, 1.807) is 26.2 Å². The summed E-state index contributed by atoms with van der Waals surface area (Å²) < 4.78 is 38.9. The molecule has 2 aromatic heterocycles. The van der Waals surface area contributed by atoms with Crippen LogP contribution in [0.3, 0.4) is 0 Å². The Labute approximate surface area is 160 Å². The Balaban J connectivity index is 1.83. The van der Waals surface area contributed by atoms with Crippen LogP contribution >= 0.6 is 11.3 Å². The van der Waals surface area contributed by atoms with Gasteiger partial charge < -0.3 is 14.0 Å². The fourth-order valence-electron chi connectivity index (χ4n) is 2.42. The van der Waals surface area contributed by atoms with E-state index in [1.807, 2.05) is 0 Å². The molecule has 0 bridgehead atoms. The first-order chi connectivity index (χ1) is 12.5. The number of ether oxygens (including phenoxy) is 2. The molecule has 12 heteroatoms. The highest BCUT2D eigenvalue weighted by Gasteiger charge is 2.35. The highest BCUT2D eigenvalue weighted by Crippen LogP contribution is 2.29. The Hall–Kier alpha value is -2.02. The number of nitrogens with zero attached hydrogens (tertiary/aromatic N) is 3. The third kappa shape index (κ3) is 4.64. The first kappa shape index (κ1) is 19.7. The predicted octanol–water partition coefficient (Wildman–Crippen LogP) is 1.75. The third-order valence-corrected chi connectivity index (χ3v) is 5.99. The molecule has 148 valence electrons. The standard InChI is InChI=1S/C15H20N4O6S2/c1-15(2,3)24-14(20)19-4-5-23-7-10(19)12-17-13(25-18-12)9-6-11(26-8-9)27(16,21)22/h6,8,10H,4-5,7H2,1-3H3,(H2,16,21,22)/t10-/m0/s1. The summed E-state index contributed by atoms with van der Waals surface area (Å²) in [5, 5.41) is 10.6. The molecule has 1 saturated heterocycles. The zero-order valence-electron chi connectivity index (χ0n) is 15.0. The fraction of sp³-hybridized carbons (Fsp3) is 0.533. The van der Waals surface area contributed by atoms with Crippen molar-refractivity contribution in [3.63, 3.8) is 0 Å². The quantitative estimate of drug-likeness (QED) is 0.799. The van der Waals surface area contributed by atoms with Crippen LogP contribution in [0, 0.1) is 0 Å². The van der Waals surface area contributed by atoms with Crippen LogP contribution in [0.2, 0.25) is 0 Å². The summed E-state index contributed by atoms with van der Waals surface area (Å²) >= 11 is 0.958. The number of morpholine rings is 1. The van der Waals surface area contributed by atoms with Crippen molar-refractivity contribution in [3.8, 4) is 11.5 Å². The topological polar surface area (TPSA) is 138 Å². The molecular weight excluding hydrogens is 396 g/mol. The van der Waals surface area contributed by atoms with E-state index >= 15 is 0 Å². The van der Waals surface area contributed by atoms with Gasteiger partial charge in [-0.3, -0.25) is 4.90 Å². The molecule has 1 aliphatic rings. The van der Waals surface area contributed by atoms with Crippen LogP contribution in [-0.2, 0) is 19.5 Å². The number of nitrogens with two attached hydrogens (primary N) is 1. The molecule has 27 heavy (non-hydrogen) atoms. The number of carbonyl (C=O) groups excluding carboxylic acids is 1. The lowest BCUT2D eigenvalue weighted by Gasteiger charge is -2.34. The van der Waals surface area contributed by atoms with E-state index in [0.717, 1.165) is 11.3 Å². The van der Waals surface area contributed by atoms with Gasteiger partial charge in [-0.1, -0.05) is 5.16 Å². The Morgan fingerprint density at radius 3 is 2.81 bits per heavy atom. The Bertz CT molecular complexity index is 930. The largest absolute Gasteiger partial charge is 0.444 e. The van der Waals surface area contributed by atoms with Gasteiger partial charge in [-0.2, -0.15) is 4.98 Å². The summed E-state index contributed by atoms with van der Waals surface area (Å²) in [4.78, 5) is 18.3. The number of amides is 1. The van der Waals surface area contributed by atoms with Crippen molar-refractivity contribution in [1.29, 1.82) is 0 Å². The van der Waals surface area contributed by atoms with Crippen molar-refractivity contribution < 1.29 is 27.2 Å². The van der Waals surface area contributed by atoms with Crippen LogP contribution in [-0.4, -0.2) is 54.9 Å². The molecule has 0 spiro atoms. The second-order valence-corrected chi connectivity index (χ2v) is 9.62. The molecule has 0 aromatic carbocycles. The van der Waals surface area contributed by atoms with Gasteiger partial charge in [0.05, 0.1) is 18.8 Å². The van der Waals surface area contributed by atoms with Crippen molar-refractivity contribution in [2.24, 2.45) is 5.14 Å². The van der Waals surface area contributed by atoms with Gasteiger partial charge in [0.25, 0.3) is 5.89 Å². The molecule has 0 radical (unpaired) electrons. The second kappa shape index (κ2) is 7.19. The van der Waals surface area contributed by atoms with Crippen LogP contribution in [0.25, 0.3) is 11.5 Å². The third-order valence-electron chi connectivity index (χ3n) is 3.60. The van der Waals surface area contributed by atoms with Gasteiger partial charge in [0.15, 0.2) is 5.82 Å². The van der Waals surface area contributed by atoms with Crippen molar-refractivity contribution >= 4 is 27.5 Å². The van der Waals surface area contributed by atoms with Gasteiger partial charge in [-0.05, 0) is 26.8 Å². The lowest BCUT2D eigenvalue weighted by molar-refractivity contribution is -0.0354. The SMILES string of the molecule is CC(C)(C)OC(=O)N1CCOC[C@H]1c1noc(-c2csc(S(N)(=O)=O)c2)n1. The number of hydrogen-bond acceptors (Lipinski definition) is 9. The number of hydrogen-bond donors (Lipinski definition) is 1. The molecule has 0 saturated carbocycles. The van der Waals surface area contributed by atoms with E-state index < -0.39 is 27.8 Å². The maximum Gasteiger partial charge on any atom is 0.411 e. The van der Waals surface area contributed by atoms with Crippen molar-refractivity contribution in [2.75, 3.05) is 19.8 Å². The van der Waals surface area contributed by atoms with Crippen LogP contribution in [0.5, 0.6) is 0 Å². The molecule has 1 amide bonds. The number of primary sulfonamides is 1. The maximum atomic E-state index is 12.5. The highest BCUT2D eigenvalue weighted by molar-refractivity contribution is 7.91. The molecule has 2 N–H and O–H groups in total. The van der Waals surface area contributed by atoms with E-state index in [-0.39, 0.29) is 22.5 Å². The van der Waals surface area contributed by atoms with Crippen molar-refractivity contribution in [1.82, 2.24) is 15.0 Å². The minimum atomic E-state index is -3.80. The first-order valence-electron chi connectivity index (χ1n) is 8.07. The molecular formula is C15H20N4O6S2. The molecule has 1 fully saturated rings. The lowest BCUT2D eigenvalue weighted by atomic mass is 10.2. The van der Waals surface area contributed by atoms with E-state index in [2.05, 4.69) is 10.1 Å². The Kier molecular flexibility index (Phi) is 5.25. The highest BCUT2D eigenvalue weighted by atomic mass is 32.2. The number of carbonyl (C=O) groups is 1. The van der Waals surface area contributed by atoms with E-state index in [1.165, 1.54) is 11.0 Å². The predicted molar refractivity (Wildman–Crippen MR) is 95.5 cm³/mol. The molecule has 0 aliphatic carbocycles. The van der Waals surface area contributed by atoms with Crippen molar-refractivity contribution in [2.45, 2.75) is 36.6 Å². The molecule has 1 aliphatic heterocycles. The Morgan fingerprint density at radius 1 is 1.44 bits per heavy atom. The second-order valence-electron chi connectivity index (χ2n) is 6.92.